The van der Waals surface area contributed by atoms with Gasteiger partial charge in [0.05, 0.1) is 0 Å². The van der Waals surface area contributed by atoms with Crippen molar-refractivity contribution < 1.29 is 4.79 Å². The summed E-state index contributed by atoms with van der Waals surface area (Å²) in [7, 11) is 0. The van der Waals surface area contributed by atoms with Gasteiger partial charge in [0, 0.05) is 25.7 Å². The molecule has 0 aliphatic carbocycles. The largest absolute Gasteiger partial charge is 0.338 e. The van der Waals surface area contributed by atoms with Gasteiger partial charge in [0.25, 0.3) is 0 Å². The molecule has 0 radical (unpaired) electrons. The van der Waals surface area contributed by atoms with Crippen molar-refractivity contribution in [3.8, 4) is 0 Å². The Kier molecular flexibility index (Phi) is 6.23. The van der Waals surface area contributed by atoms with Crippen molar-refractivity contribution in [1.82, 2.24) is 15.5 Å². The highest BCUT2D eigenvalue weighted by Crippen LogP contribution is 2.10. The standard InChI is InChI=1S/C12H25N3O/c1-3-5-8-14-11-6-9-15(10-7-11)12(16)13-4-2/h11,14H,3-10H2,1-2H3,(H,13,16). The fourth-order valence-corrected chi connectivity index (χ4v) is 2.03. The van der Waals surface area contributed by atoms with Crippen LogP contribution in [0.3, 0.4) is 0 Å². The van der Waals surface area contributed by atoms with Crippen LogP contribution >= 0.6 is 0 Å². The number of likely N-dealkylation sites (tertiary alicyclic amines) is 1. The number of hydrogen-bond donors (Lipinski definition) is 2. The molecule has 1 fully saturated rings. The van der Waals surface area contributed by atoms with Crippen molar-refractivity contribution in [1.29, 1.82) is 0 Å². The average Bonchev–Trinajstić information content (AvgIpc) is 2.30. The highest BCUT2D eigenvalue weighted by Gasteiger charge is 2.21. The van der Waals surface area contributed by atoms with Gasteiger partial charge in [-0.2, -0.15) is 0 Å². The summed E-state index contributed by atoms with van der Waals surface area (Å²) in [6, 6.07) is 0.701. The fraction of sp³-hybridized carbons (Fsp3) is 0.917. The Bertz CT molecular complexity index is 200. The van der Waals surface area contributed by atoms with E-state index in [1.807, 2.05) is 11.8 Å². The second kappa shape index (κ2) is 7.49. The zero-order valence-electron chi connectivity index (χ0n) is 10.6. The summed E-state index contributed by atoms with van der Waals surface area (Å²) in [6.45, 7) is 7.76. The topological polar surface area (TPSA) is 44.4 Å². The lowest BCUT2D eigenvalue weighted by atomic mass is 10.1. The molecule has 16 heavy (non-hydrogen) atoms. The van der Waals surface area contributed by atoms with E-state index in [1.54, 1.807) is 0 Å². The molecule has 0 aromatic rings. The molecular weight excluding hydrogens is 202 g/mol. The van der Waals surface area contributed by atoms with Crippen LogP contribution in [-0.4, -0.2) is 43.2 Å². The third-order valence-electron chi connectivity index (χ3n) is 3.07. The number of unbranched alkanes of at least 4 members (excludes halogenated alkanes) is 1. The van der Waals surface area contributed by atoms with E-state index in [9.17, 15) is 4.79 Å². The molecule has 0 unspecified atom stereocenters. The van der Waals surface area contributed by atoms with Crippen molar-refractivity contribution in [2.24, 2.45) is 0 Å². The summed E-state index contributed by atoms with van der Waals surface area (Å²) in [5.74, 6) is 0. The van der Waals surface area contributed by atoms with Crippen LogP contribution in [0.5, 0.6) is 0 Å². The lowest BCUT2D eigenvalue weighted by Crippen LogP contribution is -2.48. The highest BCUT2D eigenvalue weighted by atomic mass is 16.2. The van der Waals surface area contributed by atoms with Gasteiger partial charge in [0.15, 0.2) is 0 Å². The van der Waals surface area contributed by atoms with Crippen LogP contribution < -0.4 is 10.6 Å². The number of urea groups is 1. The van der Waals surface area contributed by atoms with Gasteiger partial charge in [-0.3, -0.25) is 0 Å². The molecule has 1 rings (SSSR count). The first-order chi connectivity index (χ1) is 7.77. The summed E-state index contributed by atoms with van der Waals surface area (Å²) in [6.07, 6.45) is 4.66. The van der Waals surface area contributed by atoms with Crippen molar-refractivity contribution in [3.63, 3.8) is 0 Å². The smallest absolute Gasteiger partial charge is 0.317 e. The second-order valence-electron chi connectivity index (χ2n) is 4.40. The number of hydrogen-bond acceptors (Lipinski definition) is 2. The molecule has 0 saturated carbocycles. The molecule has 94 valence electrons. The minimum Gasteiger partial charge on any atom is -0.338 e. The van der Waals surface area contributed by atoms with Gasteiger partial charge < -0.3 is 15.5 Å². The van der Waals surface area contributed by atoms with E-state index in [0.29, 0.717) is 12.6 Å². The lowest BCUT2D eigenvalue weighted by Gasteiger charge is -2.32. The first-order valence-corrected chi connectivity index (χ1v) is 6.54. The predicted octanol–water partition coefficient (Wildman–Crippen LogP) is 1.57. The zero-order chi connectivity index (χ0) is 11.8. The second-order valence-corrected chi connectivity index (χ2v) is 4.40. The maximum atomic E-state index is 11.6. The molecule has 1 aliphatic rings. The third-order valence-corrected chi connectivity index (χ3v) is 3.07. The summed E-state index contributed by atoms with van der Waals surface area (Å²) in [4.78, 5) is 13.5. The van der Waals surface area contributed by atoms with Crippen molar-refractivity contribution in [2.75, 3.05) is 26.2 Å². The van der Waals surface area contributed by atoms with Crippen LogP contribution in [0.2, 0.25) is 0 Å². The molecule has 1 heterocycles. The third kappa shape index (κ3) is 4.39. The van der Waals surface area contributed by atoms with Crippen molar-refractivity contribution in [3.05, 3.63) is 0 Å². The highest BCUT2D eigenvalue weighted by molar-refractivity contribution is 5.74. The molecule has 1 aliphatic heterocycles. The van der Waals surface area contributed by atoms with Gasteiger partial charge >= 0.3 is 6.03 Å². The normalized spacial score (nSPS) is 17.5. The van der Waals surface area contributed by atoms with Gasteiger partial charge in [-0.25, -0.2) is 4.79 Å². The monoisotopic (exact) mass is 227 g/mol. The van der Waals surface area contributed by atoms with Crippen LogP contribution in [0.1, 0.15) is 39.5 Å². The van der Waals surface area contributed by atoms with E-state index >= 15 is 0 Å². The summed E-state index contributed by atoms with van der Waals surface area (Å²) in [5, 5.41) is 6.40. The van der Waals surface area contributed by atoms with Crippen molar-refractivity contribution in [2.45, 2.75) is 45.6 Å². The molecule has 0 bridgehead atoms. The summed E-state index contributed by atoms with van der Waals surface area (Å²) >= 11 is 0. The molecule has 1 saturated heterocycles. The average molecular weight is 227 g/mol. The molecule has 4 heteroatoms. The lowest BCUT2D eigenvalue weighted by molar-refractivity contribution is 0.177. The Morgan fingerprint density at radius 1 is 1.31 bits per heavy atom. The van der Waals surface area contributed by atoms with E-state index in [4.69, 9.17) is 0 Å². The molecule has 4 nitrogen and oxygen atoms in total. The minimum atomic E-state index is 0.0921. The van der Waals surface area contributed by atoms with E-state index in [2.05, 4.69) is 17.6 Å². The van der Waals surface area contributed by atoms with Crippen LogP contribution in [0.15, 0.2) is 0 Å². The number of carbonyl (C=O) groups is 1. The number of nitrogens with one attached hydrogen (secondary N) is 2. The molecule has 0 aromatic heterocycles. The molecule has 0 spiro atoms. The van der Waals surface area contributed by atoms with Crippen LogP contribution in [-0.2, 0) is 0 Å². The molecule has 0 atom stereocenters. The van der Waals surface area contributed by atoms with Crippen LogP contribution in [0, 0.1) is 0 Å². The Hall–Kier alpha value is -0.770. The van der Waals surface area contributed by atoms with Gasteiger partial charge in [-0.1, -0.05) is 13.3 Å². The van der Waals surface area contributed by atoms with Crippen LogP contribution in [0.25, 0.3) is 0 Å². The minimum absolute atomic E-state index is 0.0921. The maximum absolute atomic E-state index is 11.6. The number of amides is 2. The Morgan fingerprint density at radius 2 is 2.00 bits per heavy atom. The van der Waals surface area contributed by atoms with E-state index in [1.165, 1.54) is 12.8 Å². The quantitative estimate of drug-likeness (QED) is 0.700. The van der Waals surface area contributed by atoms with Gasteiger partial charge in [-0.15, -0.1) is 0 Å². The first kappa shape index (κ1) is 13.3. The number of nitrogens with zero attached hydrogens (tertiary/aromatic N) is 1. The molecule has 0 aromatic carbocycles. The van der Waals surface area contributed by atoms with Gasteiger partial charge in [0.2, 0.25) is 0 Å². The van der Waals surface area contributed by atoms with Crippen LogP contribution in [0.4, 0.5) is 4.79 Å². The summed E-state index contributed by atoms with van der Waals surface area (Å²) < 4.78 is 0. The van der Waals surface area contributed by atoms with E-state index in [-0.39, 0.29) is 6.03 Å². The predicted molar refractivity (Wildman–Crippen MR) is 66.6 cm³/mol. The Morgan fingerprint density at radius 3 is 2.56 bits per heavy atom. The Balaban J connectivity index is 2.15. The fourth-order valence-electron chi connectivity index (χ4n) is 2.03. The zero-order valence-corrected chi connectivity index (χ0v) is 10.6. The van der Waals surface area contributed by atoms with E-state index in [0.717, 1.165) is 32.5 Å². The number of rotatable bonds is 5. The molecular formula is C12H25N3O. The first-order valence-electron chi connectivity index (χ1n) is 6.54. The molecule has 2 N–H and O–H groups in total. The van der Waals surface area contributed by atoms with Gasteiger partial charge in [-0.05, 0) is 32.7 Å². The summed E-state index contributed by atoms with van der Waals surface area (Å²) in [5.41, 5.74) is 0. The van der Waals surface area contributed by atoms with E-state index < -0.39 is 0 Å². The number of carbonyl (C=O) groups excluding carboxylic acids is 1. The van der Waals surface area contributed by atoms with Gasteiger partial charge in [0.1, 0.15) is 0 Å². The molecule has 2 amide bonds. The Labute approximate surface area is 98.8 Å². The SMILES string of the molecule is CCCCNC1CCN(C(=O)NCC)CC1. The van der Waals surface area contributed by atoms with Crippen molar-refractivity contribution >= 4 is 6.03 Å². The number of piperidine rings is 1. The maximum Gasteiger partial charge on any atom is 0.317 e.